The molecule has 0 aliphatic rings. The first-order valence-electron chi connectivity index (χ1n) is 9.70. The number of amides is 1. The molecule has 0 unspecified atom stereocenters. The maximum Gasteiger partial charge on any atom is 0.256 e. The summed E-state index contributed by atoms with van der Waals surface area (Å²) in [5.41, 5.74) is 4.27. The van der Waals surface area contributed by atoms with E-state index in [1.165, 1.54) is 0 Å². The van der Waals surface area contributed by atoms with Gasteiger partial charge < -0.3 is 14.8 Å². The quantitative estimate of drug-likeness (QED) is 0.412. The summed E-state index contributed by atoms with van der Waals surface area (Å²) >= 11 is 6.05. The van der Waals surface area contributed by atoms with E-state index < -0.39 is 0 Å². The Morgan fingerprint density at radius 2 is 1.71 bits per heavy atom. The lowest BCUT2D eigenvalue weighted by Crippen LogP contribution is -2.16. The Kier molecular flexibility index (Phi) is 5.78. The second kappa shape index (κ2) is 8.66. The molecule has 4 aromatic rings. The largest absolute Gasteiger partial charge is 0.497 e. The molecule has 3 aromatic carbocycles. The molecule has 0 aliphatic heterocycles. The van der Waals surface area contributed by atoms with Gasteiger partial charge in [0.2, 0.25) is 0 Å². The van der Waals surface area contributed by atoms with Crippen molar-refractivity contribution in [2.24, 2.45) is 0 Å². The van der Waals surface area contributed by atoms with Crippen LogP contribution in [-0.2, 0) is 0 Å². The number of pyridine rings is 1. The summed E-state index contributed by atoms with van der Waals surface area (Å²) in [4.78, 5) is 18.3. The van der Waals surface area contributed by atoms with Gasteiger partial charge in [0.05, 0.1) is 36.7 Å². The number of hydrogen-bond donors (Lipinski definition) is 1. The third-order valence-corrected chi connectivity index (χ3v) is 5.39. The van der Waals surface area contributed by atoms with Crippen LogP contribution in [-0.4, -0.2) is 25.1 Å². The van der Waals surface area contributed by atoms with Gasteiger partial charge in [-0.15, -0.1) is 0 Å². The molecule has 0 spiro atoms. The minimum Gasteiger partial charge on any atom is -0.497 e. The molecule has 31 heavy (non-hydrogen) atoms. The highest BCUT2D eigenvalue weighted by atomic mass is 35.5. The maximum atomic E-state index is 13.5. The number of fused-ring (bicyclic) bond motifs is 1. The minimum absolute atomic E-state index is 0.241. The summed E-state index contributed by atoms with van der Waals surface area (Å²) in [5.74, 6) is 0.918. The Bertz CT molecular complexity index is 1270. The number of rotatable bonds is 5. The third kappa shape index (κ3) is 4.05. The van der Waals surface area contributed by atoms with Crippen molar-refractivity contribution in [3.8, 4) is 22.8 Å². The number of aromatic nitrogens is 1. The number of para-hydroxylation sites is 1. The molecule has 0 fully saturated rings. The zero-order valence-electron chi connectivity index (χ0n) is 17.4. The lowest BCUT2D eigenvalue weighted by Gasteiger charge is -2.16. The van der Waals surface area contributed by atoms with Crippen molar-refractivity contribution in [3.63, 3.8) is 0 Å². The van der Waals surface area contributed by atoms with Gasteiger partial charge in [0.25, 0.3) is 5.91 Å². The van der Waals surface area contributed by atoms with Crippen molar-refractivity contribution in [2.75, 3.05) is 19.5 Å². The van der Waals surface area contributed by atoms with E-state index >= 15 is 0 Å². The molecule has 0 saturated heterocycles. The summed E-state index contributed by atoms with van der Waals surface area (Å²) < 4.78 is 10.7. The fourth-order valence-corrected chi connectivity index (χ4v) is 3.70. The van der Waals surface area contributed by atoms with Crippen LogP contribution in [0.4, 0.5) is 5.69 Å². The predicted octanol–water partition coefficient (Wildman–Crippen LogP) is 6.13. The molecule has 1 amide bonds. The number of halogens is 1. The van der Waals surface area contributed by atoms with Gasteiger partial charge in [-0.2, -0.15) is 0 Å². The Hall–Kier alpha value is -3.57. The lowest BCUT2D eigenvalue weighted by molar-refractivity contribution is 0.102. The number of methoxy groups -OCH3 is 2. The van der Waals surface area contributed by atoms with E-state index in [4.69, 9.17) is 26.1 Å². The number of nitrogens with one attached hydrogen (secondary N) is 1. The summed E-state index contributed by atoms with van der Waals surface area (Å²) in [6, 6.07) is 20.3. The molecule has 0 atom stereocenters. The molecule has 6 heteroatoms. The van der Waals surface area contributed by atoms with Crippen LogP contribution in [0, 0.1) is 6.92 Å². The van der Waals surface area contributed by atoms with Gasteiger partial charge in [-0.1, -0.05) is 41.9 Å². The van der Waals surface area contributed by atoms with Crippen molar-refractivity contribution in [3.05, 3.63) is 82.9 Å². The Balaban J connectivity index is 1.84. The van der Waals surface area contributed by atoms with Crippen molar-refractivity contribution >= 4 is 34.1 Å². The van der Waals surface area contributed by atoms with E-state index in [1.807, 2.05) is 55.5 Å². The van der Waals surface area contributed by atoms with E-state index in [-0.39, 0.29) is 5.91 Å². The van der Waals surface area contributed by atoms with E-state index in [9.17, 15) is 4.79 Å². The highest BCUT2D eigenvalue weighted by molar-refractivity contribution is 6.30. The summed E-state index contributed by atoms with van der Waals surface area (Å²) in [7, 11) is 3.13. The fourth-order valence-electron chi connectivity index (χ4n) is 3.58. The van der Waals surface area contributed by atoms with Crippen molar-refractivity contribution < 1.29 is 14.3 Å². The summed E-state index contributed by atoms with van der Waals surface area (Å²) in [6.07, 6.45) is 0. The smallest absolute Gasteiger partial charge is 0.256 e. The second-order valence-corrected chi connectivity index (χ2v) is 7.44. The fraction of sp³-hybridized carbons (Fsp3) is 0.120. The van der Waals surface area contributed by atoms with Crippen LogP contribution in [0.5, 0.6) is 11.5 Å². The first kappa shape index (κ1) is 20.7. The van der Waals surface area contributed by atoms with Crippen LogP contribution in [0.15, 0.2) is 66.7 Å². The van der Waals surface area contributed by atoms with Crippen molar-refractivity contribution in [2.45, 2.75) is 6.92 Å². The maximum absolute atomic E-state index is 13.5. The zero-order valence-corrected chi connectivity index (χ0v) is 18.2. The lowest BCUT2D eigenvalue weighted by atomic mass is 9.97. The highest BCUT2D eigenvalue weighted by Gasteiger charge is 2.20. The Morgan fingerprint density at radius 3 is 2.42 bits per heavy atom. The molecule has 0 saturated carbocycles. The number of carbonyl (C=O) groups is 1. The topological polar surface area (TPSA) is 60.5 Å². The van der Waals surface area contributed by atoms with Crippen LogP contribution in [0.1, 0.15) is 15.9 Å². The van der Waals surface area contributed by atoms with Crippen molar-refractivity contribution in [1.82, 2.24) is 4.98 Å². The molecule has 1 aromatic heterocycles. The molecule has 5 nitrogen and oxygen atoms in total. The number of nitrogens with zero attached hydrogens (tertiary/aromatic N) is 1. The van der Waals surface area contributed by atoms with Gasteiger partial charge in [0.15, 0.2) is 0 Å². The Morgan fingerprint density at radius 1 is 0.968 bits per heavy atom. The number of hydrogen-bond acceptors (Lipinski definition) is 4. The average molecular weight is 433 g/mol. The van der Waals surface area contributed by atoms with Crippen molar-refractivity contribution in [1.29, 1.82) is 0 Å². The molecule has 1 N–H and O–H groups in total. The van der Waals surface area contributed by atoms with Crippen LogP contribution in [0.3, 0.4) is 0 Å². The van der Waals surface area contributed by atoms with Crippen LogP contribution < -0.4 is 14.8 Å². The molecular weight excluding hydrogens is 412 g/mol. The van der Waals surface area contributed by atoms with Gasteiger partial charge in [-0.25, -0.2) is 4.98 Å². The second-order valence-electron chi connectivity index (χ2n) is 7.00. The number of benzene rings is 3. The summed E-state index contributed by atoms with van der Waals surface area (Å²) in [5, 5.41) is 4.41. The van der Waals surface area contributed by atoms with E-state index in [2.05, 4.69) is 5.32 Å². The molecule has 0 bridgehead atoms. The summed E-state index contributed by atoms with van der Waals surface area (Å²) in [6.45, 7) is 1.91. The molecule has 0 aliphatic carbocycles. The van der Waals surface area contributed by atoms with Gasteiger partial charge in [-0.3, -0.25) is 4.79 Å². The zero-order chi connectivity index (χ0) is 22.0. The molecular formula is C25H21ClN2O3. The van der Waals surface area contributed by atoms with E-state index in [0.717, 1.165) is 27.7 Å². The number of anilines is 1. The Labute approximate surface area is 185 Å². The standard InChI is InChI=1S/C25H21ClN2O3/c1-15-23(25(29)28-21-13-12-18(30-2)14-22(21)31-3)19-6-4-5-7-20(19)27-24(15)16-8-10-17(26)11-9-16/h4-14H,1-3H3,(H,28,29). The average Bonchev–Trinajstić information content (AvgIpc) is 2.79. The highest BCUT2D eigenvalue weighted by Crippen LogP contribution is 2.33. The predicted molar refractivity (Wildman–Crippen MR) is 124 cm³/mol. The van der Waals surface area contributed by atoms with Gasteiger partial charge in [-0.05, 0) is 42.8 Å². The normalized spacial score (nSPS) is 10.7. The minimum atomic E-state index is -0.241. The molecule has 1 heterocycles. The van der Waals surface area contributed by atoms with E-state index in [1.54, 1.807) is 32.4 Å². The molecule has 0 radical (unpaired) electrons. The van der Waals surface area contributed by atoms with Crippen LogP contribution in [0.2, 0.25) is 5.02 Å². The van der Waals surface area contributed by atoms with E-state index in [0.29, 0.717) is 27.8 Å². The van der Waals surface area contributed by atoms with Crippen LogP contribution >= 0.6 is 11.6 Å². The molecule has 156 valence electrons. The van der Waals surface area contributed by atoms with Gasteiger partial charge in [0.1, 0.15) is 11.5 Å². The SMILES string of the molecule is COc1ccc(NC(=O)c2c(C)c(-c3ccc(Cl)cc3)nc3ccccc23)c(OC)c1. The van der Waals surface area contributed by atoms with Gasteiger partial charge >= 0.3 is 0 Å². The molecule has 4 rings (SSSR count). The first-order chi connectivity index (χ1) is 15.0. The first-order valence-corrected chi connectivity index (χ1v) is 10.1. The number of carbonyl (C=O) groups excluding carboxylic acids is 1. The number of ether oxygens (including phenoxy) is 2. The van der Waals surface area contributed by atoms with Crippen LogP contribution in [0.25, 0.3) is 22.2 Å². The monoisotopic (exact) mass is 432 g/mol. The third-order valence-electron chi connectivity index (χ3n) is 5.14. The van der Waals surface area contributed by atoms with Gasteiger partial charge in [0, 0.05) is 22.0 Å².